The Hall–Kier alpha value is -1.94. The summed E-state index contributed by atoms with van der Waals surface area (Å²) in [6.45, 7) is 0. The minimum absolute atomic E-state index is 0.266. The molecule has 0 atom stereocenters. The molecule has 0 unspecified atom stereocenters. The Balaban J connectivity index is 1.84. The van der Waals surface area contributed by atoms with Gasteiger partial charge < -0.3 is 5.32 Å². The molecule has 1 amide bonds. The van der Waals surface area contributed by atoms with Crippen LogP contribution in [-0.2, 0) is 0 Å². The highest BCUT2D eigenvalue weighted by Gasteiger charge is 2.13. The molecule has 2 nitrogen and oxygen atoms in total. The number of carbonyl (C=O) groups excluding carboxylic acids is 1. The molecule has 0 aliphatic carbocycles. The van der Waals surface area contributed by atoms with Gasteiger partial charge in [-0.15, -0.1) is 0 Å². The van der Waals surface area contributed by atoms with Gasteiger partial charge in [0.2, 0.25) is 0 Å². The van der Waals surface area contributed by atoms with Gasteiger partial charge in [-0.3, -0.25) is 4.79 Å². The first-order valence-electron chi connectivity index (χ1n) is 7.22. The number of carbonyl (C=O) groups is 1. The van der Waals surface area contributed by atoms with E-state index in [1.54, 1.807) is 30.0 Å². The second-order valence-corrected chi connectivity index (χ2v) is 6.95. The first kappa shape index (κ1) is 16.9. The minimum Gasteiger partial charge on any atom is -0.321 e. The maximum atomic E-state index is 12.5. The Morgan fingerprint density at radius 2 is 1.58 bits per heavy atom. The third-order valence-electron chi connectivity index (χ3n) is 3.28. The van der Waals surface area contributed by atoms with Crippen LogP contribution in [0.2, 0.25) is 10.0 Å². The molecular formula is C19H13Cl2NOS. The van der Waals surface area contributed by atoms with Gasteiger partial charge in [-0.1, -0.05) is 65.3 Å². The van der Waals surface area contributed by atoms with E-state index in [9.17, 15) is 4.79 Å². The lowest BCUT2D eigenvalue weighted by Gasteiger charge is -2.11. The minimum atomic E-state index is -0.266. The van der Waals surface area contributed by atoms with Gasteiger partial charge in [0.15, 0.2) is 0 Å². The highest BCUT2D eigenvalue weighted by Crippen LogP contribution is 2.33. The van der Waals surface area contributed by atoms with E-state index in [0.29, 0.717) is 15.6 Å². The van der Waals surface area contributed by atoms with E-state index < -0.39 is 0 Å². The molecule has 0 saturated heterocycles. The summed E-state index contributed by atoms with van der Waals surface area (Å²) in [4.78, 5) is 14.6. The summed E-state index contributed by atoms with van der Waals surface area (Å²) in [5, 5.41) is 3.74. The summed E-state index contributed by atoms with van der Waals surface area (Å²) in [5.41, 5.74) is 1.13. The number of amides is 1. The van der Waals surface area contributed by atoms with Crippen LogP contribution in [0.25, 0.3) is 0 Å². The van der Waals surface area contributed by atoms with Crippen molar-refractivity contribution >= 4 is 46.6 Å². The van der Waals surface area contributed by atoms with Crippen LogP contribution in [0.1, 0.15) is 10.4 Å². The fourth-order valence-electron chi connectivity index (χ4n) is 2.14. The van der Waals surface area contributed by atoms with Crippen molar-refractivity contribution in [3.63, 3.8) is 0 Å². The summed E-state index contributed by atoms with van der Waals surface area (Å²) in [6.07, 6.45) is 0. The molecule has 0 fully saturated rings. The third-order valence-corrected chi connectivity index (χ3v) is 4.91. The van der Waals surface area contributed by atoms with Crippen molar-refractivity contribution in [1.82, 2.24) is 0 Å². The molecule has 1 N–H and O–H groups in total. The first-order valence-corrected chi connectivity index (χ1v) is 8.79. The van der Waals surface area contributed by atoms with Crippen molar-refractivity contribution in [3.8, 4) is 0 Å². The molecule has 0 aliphatic heterocycles. The number of para-hydroxylation sites is 1. The fraction of sp³-hybridized carbons (Fsp3) is 0. The molecular weight excluding hydrogens is 361 g/mol. The second-order valence-electron chi connectivity index (χ2n) is 4.99. The Bertz CT molecular complexity index is 868. The van der Waals surface area contributed by atoms with Crippen LogP contribution in [0.3, 0.4) is 0 Å². The molecule has 0 saturated carbocycles. The van der Waals surface area contributed by atoms with Crippen LogP contribution in [0.15, 0.2) is 82.6 Å². The van der Waals surface area contributed by atoms with E-state index in [1.807, 2.05) is 54.6 Å². The third kappa shape index (κ3) is 4.12. The number of benzene rings is 3. The molecule has 0 aromatic heterocycles. The number of hydrogen-bond donors (Lipinski definition) is 1. The van der Waals surface area contributed by atoms with Crippen LogP contribution in [0.5, 0.6) is 0 Å². The van der Waals surface area contributed by atoms with Crippen molar-refractivity contribution in [2.24, 2.45) is 0 Å². The fourth-order valence-corrected chi connectivity index (χ4v) is 3.55. The van der Waals surface area contributed by atoms with Crippen molar-refractivity contribution in [2.75, 3.05) is 5.32 Å². The lowest BCUT2D eigenvalue weighted by molar-refractivity contribution is 0.102. The monoisotopic (exact) mass is 373 g/mol. The largest absolute Gasteiger partial charge is 0.321 e. The summed E-state index contributed by atoms with van der Waals surface area (Å²) < 4.78 is 0. The zero-order valence-corrected chi connectivity index (χ0v) is 14.8. The number of anilines is 1. The lowest BCUT2D eigenvalue weighted by atomic mass is 10.2. The van der Waals surface area contributed by atoms with E-state index in [0.717, 1.165) is 15.5 Å². The number of hydrogen-bond acceptors (Lipinski definition) is 2. The average Bonchev–Trinajstić information content (AvgIpc) is 2.57. The molecule has 0 spiro atoms. The van der Waals surface area contributed by atoms with Crippen LogP contribution in [0, 0.1) is 0 Å². The Labute approximate surface area is 154 Å². The second kappa shape index (κ2) is 7.75. The molecule has 0 heterocycles. The molecule has 0 bridgehead atoms. The number of nitrogens with one attached hydrogen (secondary N) is 1. The molecule has 3 aromatic carbocycles. The average molecular weight is 374 g/mol. The Morgan fingerprint density at radius 1 is 0.875 bits per heavy atom. The van der Waals surface area contributed by atoms with Crippen molar-refractivity contribution in [2.45, 2.75) is 9.79 Å². The van der Waals surface area contributed by atoms with Crippen LogP contribution < -0.4 is 5.32 Å². The standard InChI is InChI=1S/C19H13Cl2NOS/c20-13-10-11-15(16(21)12-13)19(23)22-17-8-4-5-9-18(17)24-14-6-2-1-3-7-14/h1-12H,(H,22,23). The summed E-state index contributed by atoms with van der Waals surface area (Å²) >= 11 is 13.6. The summed E-state index contributed by atoms with van der Waals surface area (Å²) in [6, 6.07) is 22.5. The topological polar surface area (TPSA) is 29.1 Å². The predicted octanol–water partition coefficient (Wildman–Crippen LogP) is 6.40. The van der Waals surface area contributed by atoms with Gasteiger partial charge in [-0.2, -0.15) is 0 Å². The van der Waals surface area contributed by atoms with Crippen LogP contribution in [-0.4, -0.2) is 5.91 Å². The van der Waals surface area contributed by atoms with Crippen molar-refractivity contribution < 1.29 is 4.79 Å². The van der Waals surface area contributed by atoms with Crippen molar-refractivity contribution in [1.29, 1.82) is 0 Å². The maximum absolute atomic E-state index is 12.5. The van der Waals surface area contributed by atoms with Gasteiger partial charge in [0.05, 0.1) is 16.3 Å². The van der Waals surface area contributed by atoms with Crippen LogP contribution in [0.4, 0.5) is 5.69 Å². The molecule has 3 rings (SSSR count). The quantitative estimate of drug-likeness (QED) is 0.573. The van der Waals surface area contributed by atoms with E-state index in [1.165, 1.54) is 0 Å². The van der Waals surface area contributed by atoms with Gasteiger partial charge >= 0.3 is 0 Å². The normalized spacial score (nSPS) is 10.4. The Morgan fingerprint density at radius 3 is 2.33 bits per heavy atom. The van der Waals surface area contributed by atoms with Gasteiger partial charge in [-0.25, -0.2) is 0 Å². The van der Waals surface area contributed by atoms with E-state index in [-0.39, 0.29) is 5.91 Å². The number of halogens is 2. The highest BCUT2D eigenvalue weighted by atomic mass is 35.5. The molecule has 24 heavy (non-hydrogen) atoms. The van der Waals surface area contributed by atoms with Crippen LogP contribution >= 0.6 is 35.0 Å². The molecule has 0 aliphatic rings. The van der Waals surface area contributed by atoms with Gasteiger partial charge in [-0.05, 0) is 42.5 Å². The maximum Gasteiger partial charge on any atom is 0.257 e. The first-order chi connectivity index (χ1) is 11.6. The van der Waals surface area contributed by atoms with Gasteiger partial charge in [0, 0.05) is 14.8 Å². The SMILES string of the molecule is O=C(Nc1ccccc1Sc1ccccc1)c1ccc(Cl)cc1Cl. The molecule has 3 aromatic rings. The highest BCUT2D eigenvalue weighted by molar-refractivity contribution is 7.99. The Kier molecular flexibility index (Phi) is 5.46. The smallest absolute Gasteiger partial charge is 0.257 e. The van der Waals surface area contributed by atoms with E-state index in [4.69, 9.17) is 23.2 Å². The molecule has 0 radical (unpaired) electrons. The predicted molar refractivity (Wildman–Crippen MR) is 101 cm³/mol. The molecule has 120 valence electrons. The number of rotatable bonds is 4. The van der Waals surface area contributed by atoms with Crippen molar-refractivity contribution in [3.05, 3.63) is 88.4 Å². The van der Waals surface area contributed by atoms with Gasteiger partial charge in [0.1, 0.15) is 0 Å². The zero-order valence-electron chi connectivity index (χ0n) is 12.5. The lowest BCUT2D eigenvalue weighted by Crippen LogP contribution is -2.13. The summed E-state index contributed by atoms with van der Waals surface area (Å²) in [5.74, 6) is -0.266. The summed E-state index contributed by atoms with van der Waals surface area (Å²) in [7, 11) is 0. The van der Waals surface area contributed by atoms with E-state index in [2.05, 4.69) is 5.32 Å². The molecule has 5 heteroatoms. The van der Waals surface area contributed by atoms with Gasteiger partial charge in [0.25, 0.3) is 5.91 Å². The van der Waals surface area contributed by atoms with E-state index >= 15 is 0 Å². The zero-order chi connectivity index (χ0) is 16.9.